The number of H-pyrrole nitrogens is 1. The van der Waals surface area contributed by atoms with Gasteiger partial charge in [-0.25, -0.2) is 8.42 Å². The van der Waals surface area contributed by atoms with E-state index in [2.05, 4.69) is 35.3 Å². The number of likely N-dealkylation sites (N-methyl/N-ethyl adjacent to an activating group) is 1. The van der Waals surface area contributed by atoms with E-state index >= 15 is 0 Å². The van der Waals surface area contributed by atoms with Gasteiger partial charge in [-0.15, -0.1) is 0 Å². The minimum atomic E-state index is -4.02. The molecule has 5 rings (SSSR count). The molecule has 2 N–H and O–H groups in total. The number of aromatic nitrogens is 1. The Labute approximate surface area is 225 Å². The minimum Gasteiger partial charge on any atom is -0.361 e. The van der Waals surface area contributed by atoms with Crippen LogP contribution in [0.4, 0.5) is 0 Å². The molecule has 2 heterocycles. The molecule has 0 amide bonds. The summed E-state index contributed by atoms with van der Waals surface area (Å²) in [6.07, 6.45) is 6.20. The molecule has 4 aromatic rings. The van der Waals surface area contributed by atoms with E-state index in [0.717, 1.165) is 23.1 Å². The van der Waals surface area contributed by atoms with Crippen molar-refractivity contribution in [2.45, 2.75) is 48.4 Å². The van der Waals surface area contributed by atoms with Crippen LogP contribution in [0.1, 0.15) is 29.5 Å². The van der Waals surface area contributed by atoms with Crippen molar-refractivity contribution in [2.24, 2.45) is 0 Å². The summed E-state index contributed by atoms with van der Waals surface area (Å²) in [6.45, 7) is 3.02. The van der Waals surface area contributed by atoms with Crippen LogP contribution >= 0.6 is 0 Å². The van der Waals surface area contributed by atoms with Crippen LogP contribution < -0.4 is 0 Å². The van der Waals surface area contributed by atoms with Gasteiger partial charge >= 0.3 is 0 Å². The van der Waals surface area contributed by atoms with Crippen molar-refractivity contribution < 1.29 is 21.4 Å². The van der Waals surface area contributed by atoms with Crippen LogP contribution in [0.2, 0.25) is 0 Å². The summed E-state index contributed by atoms with van der Waals surface area (Å²) in [5.41, 5.74) is 4.48. The molecule has 3 aromatic carbocycles. The van der Waals surface area contributed by atoms with Gasteiger partial charge in [0.15, 0.2) is 9.84 Å². The lowest BCUT2D eigenvalue weighted by Gasteiger charge is -2.18. The SMILES string of the molecule is CN1CCC[C@@H]1Cc1c[nH]c2ccc(CCS(=O)(=O)c3ccccc3)cc12.Cc1ccc(S(=O)(=O)O)cc1. The average molecular weight is 555 g/mol. The molecule has 1 aromatic heterocycles. The molecule has 7 nitrogen and oxygen atoms in total. The first-order chi connectivity index (χ1) is 18.0. The van der Waals surface area contributed by atoms with Crippen LogP contribution in [0, 0.1) is 6.92 Å². The highest BCUT2D eigenvalue weighted by Gasteiger charge is 2.22. The van der Waals surface area contributed by atoms with Crippen LogP contribution in [-0.4, -0.2) is 56.7 Å². The number of aryl methyl sites for hydroxylation is 2. The van der Waals surface area contributed by atoms with Crippen molar-refractivity contribution in [1.82, 2.24) is 9.88 Å². The summed E-state index contributed by atoms with van der Waals surface area (Å²) in [5, 5.41) is 1.23. The quantitative estimate of drug-likeness (QED) is 0.309. The second-order valence-electron chi connectivity index (χ2n) is 9.84. The highest BCUT2D eigenvalue weighted by molar-refractivity contribution is 7.91. The molecule has 1 saturated heterocycles. The van der Waals surface area contributed by atoms with E-state index in [-0.39, 0.29) is 10.6 Å². The lowest BCUT2D eigenvalue weighted by Crippen LogP contribution is -2.26. The topological polar surface area (TPSA) is 108 Å². The van der Waals surface area contributed by atoms with Gasteiger partial charge in [-0.1, -0.05) is 42.0 Å². The van der Waals surface area contributed by atoms with E-state index in [9.17, 15) is 16.8 Å². The zero-order chi connectivity index (χ0) is 27.3. The number of nitrogens with one attached hydrogen (secondary N) is 1. The van der Waals surface area contributed by atoms with Gasteiger partial charge in [0.2, 0.25) is 0 Å². The zero-order valence-corrected chi connectivity index (χ0v) is 23.3. The van der Waals surface area contributed by atoms with Crippen LogP contribution in [0.25, 0.3) is 10.9 Å². The molecular formula is C29H34N2O5S2. The highest BCUT2D eigenvalue weighted by atomic mass is 32.2. The first-order valence-corrected chi connectivity index (χ1v) is 15.7. The van der Waals surface area contributed by atoms with Crippen molar-refractivity contribution in [2.75, 3.05) is 19.3 Å². The number of hydrogen-bond donors (Lipinski definition) is 2. The van der Waals surface area contributed by atoms with Gasteiger partial charge in [0.25, 0.3) is 10.1 Å². The molecule has 0 radical (unpaired) electrons. The van der Waals surface area contributed by atoms with Crippen LogP contribution in [-0.2, 0) is 32.8 Å². The molecule has 1 aliphatic rings. The molecule has 0 aliphatic carbocycles. The Kier molecular flexibility index (Phi) is 8.72. The van der Waals surface area contributed by atoms with Crippen LogP contribution in [0.15, 0.2) is 88.8 Å². The summed E-state index contributed by atoms with van der Waals surface area (Å²) in [7, 11) is -5.07. The van der Waals surface area contributed by atoms with Gasteiger partial charge in [0.1, 0.15) is 0 Å². The number of rotatable bonds is 7. The molecule has 202 valence electrons. The first kappa shape index (κ1) is 28.0. The Morgan fingerprint density at radius 3 is 2.29 bits per heavy atom. The number of likely N-dealkylation sites (tertiary alicyclic amines) is 1. The van der Waals surface area contributed by atoms with Gasteiger partial charge in [0, 0.05) is 23.1 Å². The summed E-state index contributed by atoms with van der Waals surface area (Å²) in [4.78, 5) is 6.14. The lowest BCUT2D eigenvalue weighted by atomic mass is 10.0. The van der Waals surface area contributed by atoms with E-state index in [1.54, 1.807) is 36.4 Å². The fraction of sp³-hybridized carbons (Fsp3) is 0.310. The number of fused-ring (bicyclic) bond motifs is 1. The van der Waals surface area contributed by atoms with Crippen LogP contribution in [0.5, 0.6) is 0 Å². The first-order valence-electron chi connectivity index (χ1n) is 12.6. The smallest absolute Gasteiger partial charge is 0.294 e. The summed E-state index contributed by atoms with van der Waals surface area (Å²) < 4.78 is 54.6. The third-order valence-corrected chi connectivity index (χ3v) is 9.64. The molecule has 38 heavy (non-hydrogen) atoms. The van der Waals surface area contributed by atoms with Gasteiger partial charge < -0.3 is 9.88 Å². The van der Waals surface area contributed by atoms with E-state index < -0.39 is 20.0 Å². The second-order valence-corrected chi connectivity index (χ2v) is 13.4. The number of sulfone groups is 1. The Bertz CT molecular complexity index is 1580. The summed E-state index contributed by atoms with van der Waals surface area (Å²) in [5.74, 6) is 0.133. The maximum atomic E-state index is 12.5. The van der Waals surface area contributed by atoms with Gasteiger partial charge in [0.05, 0.1) is 15.5 Å². The fourth-order valence-electron chi connectivity index (χ4n) is 4.75. The Morgan fingerprint density at radius 2 is 1.66 bits per heavy atom. The molecule has 1 atom stereocenters. The van der Waals surface area contributed by atoms with Gasteiger partial charge in [-0.2, -0.15) is 8.42 Å². The summed E-state index contributed by atoms with van der Waals surface area (Å²) >= 11 is 0. The van der Waals surface area contributed by atoms with Crippen molar-refractivity contribution in [3.05, 3.63) is 95.7 Å². The number of benzene rings is 3. The number of hydrogen-bond acceptors (Lipinski definition) is 5. The number of nitrogens with zero attached hydrogens (tertiary/aromatic N) is 1. The maximum absolute atomic E-state index is 12.5. The fourth-order valence-corrected chi connectivity index (χ4v) is 6.54. The monoisotopic (exact) mass is 554 g/mol. The third kappa shape index (κ3) is 7.11. The average Bonchev–Trinajstić information content (AvgIpc) is 3.49. The van der Waals surface area contributed by atoms with Crippen molar-refractivity contribution >= 4 is 30.9 Å². The molecule has 9 heteroatoms. The predicted molar refractivity (Wildman–Crippen MR) is 151 cm³/mol. The standard InChI is InChI=1S/C22H26N2O2S.C7H8O3S/c1-24-12-5-6-19(24)15-18-16-23-22-10-9-17(14-21(18)22)11-13-27(25,26)20-7-3-2-4-8-20;1-6-2-4-7(5-3-6)11(8,9)10/h2-4,7-10,14,16,19,23H,5-6,11-13,15H2,1H3;2-5H,1H3,(H,8,9,10)/t19-;/m1./s1. The highest BCUT2D eigenvalue weighted by Crippen LogP contribution is 2.26. The maximum Gasteiger partial charge on any atom is 0.294 e. The Morgan fingerprint density at radius 1 is 0.947 bits per heavy atom. The van der Waals surface area contributed by atoms with Crippen molar-refractivity contribution in [3.63, 3.8) is 0 Å². The van der Waals surface area contributed by atoms with E-state index in [0.29, 0.717) is 17.4 Å². The molecule has 0 bridgehead atoms. The number of aromatic amines is 1. The van der Waals surface area contributed by atoms with Crippen molar-refractivity contribution in [3.8, 4) is 0 Å². The molecule has 0 saturated carbocycles. The van der Waals surface area contributed by atoms with E-state index in [4.69, 9.17) is 4.55 Å². The Hall–Kier alpha value is -2.98. The third-order valence-electron chi connectivity index (χ3n) is 7.04. The molecular weight excluding hydrogens is 520 g/mol. The normalized spacial score (nSPS) is 16.3. The van der Waals surface area contributed by atoms with Gasteiger partial charge in [-0.3, -0.25) is 4.55 Å². The molecule has 1 aliphatic heterocycles. The van der Waals surface area contributed by atoms with Gasteiger partial charge in [-0.05, 0) is 93.7 Å². The second kappa shape index (κ2) is 11.8. The minimum absolute atomic E-state index is 0.0666. The van der Waals surface area contributed by atoms with Crippen molar-refractivity contribution in [1.29, 1.82) is 0 Å². The zero-order valence-electron chi connectivity index (χ0n) is 21.7. The lowest BCUT2D eigenvalue weighted by molar-refractivity contribution is 0.310. The molecule has 0 spiro atoms. The molecule has 0 unspecified atom stereocenters. The predicted octanol–water partition coefficient (Wildman–Crippen LogP) is 5.06. The van der Waals surface area contributed by atoms with E-state index in [1.165, 1.54) is 42.5 Å². The van der Waals surface area contributed by atoms with Crippen LogP contribution in [0.3, 0.4) is 0 Å². The van der Waals surface area contributed by atoms with E-state index in [1.807, 2.05) is 19.1 Å². The largest absolute Gasteiger partial charge is 0.361 e. The Balaban J connectivity index is 0.000000257. The summed E-state index contributed by atoms with van der Waals surface area (Å²) in [6, 6.07) is 21.6. The molecule has 1 fully saturated rings.